The third-order valence-electron chi connectivity index (χ3n) is 4.88. The first-order valence-electron chi connectivity index (χ1n) is 9.15. The maximum absolute atomic E-state index is 12.8. The number of anilines is 3. The minimum atomic E-state index is -0.903. The first kappa shape index (κ1) is 18.2. The summed E-state index contributed by atoms with van der Waals surface area (Å²) in [6.45, 7) is 4.20. The molecule has 2 aromatic rings. The molecule has 2 aliphatic rings. The first-order chi connectivity index (χ1) is 13.5. The normalized spacial score (nSPS) is 19.0. The molecule has 9 heteroatoms. The molecule has 2 aliphatic heterocycles. The second kappa shape index (κ2) is 7.43. The van der Waals surface area contributed by atoms with Gasteiger partial charge in [0.2, 0.25) is 17.8 Å². The van der Waals surface area contributed by atoms with Crippen LogP contribution in [0, 0.1) is 6.92 Å². The number of rotatable bonds is 3. The number of hydrogen-bond donors (Lipinski definition) is 3. The van der Waals surface area contributed by atoms with Crippen LogP contribution in [-0.2, 0) is 14.3 Å². The summed E-state index contributed by atoms with van der Waals surface area (Å²) in [7, 11) is 0. The molecule has 0 saturated carbocycles. The number of hydrogen-bond acceptors (Lipinski definition) is 6. The molecule has 2 amide bonds. The van der Waals surface area contributed by atoms with Gasteiger partial charge in [0, 0.05) is 25.2 Å². The summed E-state index contributed by atoms with van der Waals surface area (Å²) in [5.41, 5.74) is 1.44. The number of carbonyl (C=O) groups is 2. The maximum Gasteiger partial charge on any atom is 0.258 e. The predicted octanol–water partition coefficient (Wildman–Crippen LogP) is 0.979. The SMILES string of the molecule is Cc1ccc(NC(=O)C2CC(=O)Nc3nc(N4CCOCC4)[nH]c(=O)c32)cc1. The molecule has 1 aromatic carbocycles. The molecular formula is C19H21N5O4. The van der Waals surface area contributed by atoms with Crippen molar-refractivity contribution in [2.75, 3.05) is 41.8 Å². The molecule has 0 spiro atoms. The third-order valence-corrected chi connectivity index (χ3v) is 4.88. The number of carbonyl (C=O) groups excluding carboxylic acids is 2. The Bertz CT molecular complexity index is 963. The molecule has 0 aliphatic carbocycles. The van der Waals surface area contributed by atoms with E-state index >= 15 is 0 Å². The largest absolute Gasteiger partial charge is 0.378 e. The molecule has 146 valence electrons. The van der Waals surface area contributed by atoms with Gasteiger partial charge in [-0.2, -0.15) is 4.98 Å². The van der Waals surface area contributed by atoms with Gasteiger partial charge in [0.15, 0.2) is 0 Å². The van der Waals surface area contributed by atoms with Crippen LogP contribution in [0.3, 0.4) is 0 Å². The van der Waals surface area contributed by atoms with E-state index in [1.165, 1.54) is 0 Å². The number of morpholine rings is 1. The van der Waals surface area contributed by atoms with Crippen molar-refractivity contribution in [3.05, 3.63) is 45.7 Å². The fourth-order valence-electron chi connectivity index (χ4n) is 3.37. The Morgan fingerprint density at radius 3 is 2.64 bits per heavy atom. The molecule has 1 atom stereocenters. The van der Waals surface area contributed by atoms with Gasteiger partial charge in [-0.3, -0.25) is 19.4 Å². The molecule has 1 unspecified atom stereocenters. The molecule has 1 fully saturated rings. The van der Waals surface area contributed by atoms with Crippen molar-refractivity contribution in [1.29, 1.82) is 0 Å². The van der Waals surface area contributed by atoms with Crippen LogP contribution in [0.2, 0.25) is 0 Å². The Morgan fingerprint density at radius 1 is 1.21 bits per heavy atom. The number of nitrogens with zero attached hydrogens (tertiary/aromatic N) is 2. The topological polar surface area (TPSA) is 116 Å². The fraction of sp³-hybridized carbons (Fsp3) is 0.368. The minimum Gasteiger partial charge on any atom is -0.378 e. The van der Waals surface area contributed by atoms with Crippen molar-refractivity contribution < 1.29 is 14.3 Å². The number of nitrogens with one attached hydrogen (secondary N) is 3. The molecule has 1 aromatic heterocycles. The lowest BCUT2D eigenvalue weighted by Crippen LogP contribution is -2.41. The highest BCUT2D eigenvalue weighted by Crippen LogP contribution is 2.30. The molecule has 0 bridgehead atoms. The highest BCUT2D eigenvalue weighted by molar-refractivity contribution is 6.04. The molecule has 28 heavy (non-hydrogen) atoms. The van der Waals surface area contributed by atoms with Gasteiger partial charge in [-0.1, -0.05) is 17.7 Å². The van der Waals surface area contributed by atoms with Crippen LogP contribution in [0.1, 0.15) is 23.5 Å². The monoisotopic (exact) mass is 383 g/mol. The van der Waals surface area contributed by atoms with Crippen LogP contribution in [0.15, 0.2) is 29.1 Å². The van der Waals surface area contributed by atoms with Crippen molar-refractivity contribution >= 4 is 29.3 Å². The number of ether oxygens (including phenoxy) is 1. The van der Waals surface area contributed by atoms with Crippen LogP contribution in [0.4, 0.5) is 17.5 Å². The number of aryl methyl sites for hydroxylation is 1. The lowest BCUT2D eigenvalue weighted by molar-refractivity contribution is -0.123. The van der Waals surface area contributed by atoms with Crippen molar-refractivity contribution in [2.24, 2.45) is 0 Å². The zero-order valence-corrected chi connectivity index (χ0v) is 15.4. The summed E-state index contributed by atoms with van der Waals surface area (Å²) in [6.07, 6.45) is -0.105. The van der Waals surface area contributed by atoms with E-state index in [1.807, 2.05) is 24.0 Å². The Hall–Kier alpha value is -3.20. The highest BCUT2D eigenvalue weighted by atomic mass is 16.5. The van der Waals surface area contributed by atoms with E-state index < -0.39 is 17.4 Å². The zero-order chi connectivity index (χ0) is 19.7. The second-order valence-corrected chi connectivity index (χ2v) is 6.91. The maximum atomic E-state index is 12.8. The summed E-state index contributed by atoms with van der Waals surface area (Å²) >= 11 is 0. The van der Waals surface area contributed by atoms with Crippen molar-refractivity contribution in [2.45, 2.75) is 19.3 Å². The van der Waals surface area contributed by atoms with Gasteiger partial charge < -0.3 is 20.3 Å². The summed E-state index contributed by atoms with van der Waals surface area (Å²) in [5.74, 6) is -1.15. The molecule has 9 nitrogen and oxygen atoms in total. The Balaban J connectivity index is 1.64. The Morgan fingerprint density at radius 2 is 1.93 bits per heavy atom. The molecule has 4 rings (SSSR count). The zero-order valence-electron chi connectivity index (χ0n) is 15.4. The van der Waals surface area contributed by atoms with Gasteiger partial charge in [-0.05, 0) is 19.1 Å². The fourth-order valence-corrected chi connectivity index (χ4v) is 3.37. The predicted molar refractivity (Wildman–Crippen MR) is 104 cm³/mol. The summed E-state index contributed by atoms with van der Waals surface area (Å²) in [5, 5.41) is 5.41. The lowest BCUT2D eigenvalue weighted by atomic mass is 9.92. The third kappa shape index (κ3) is 3.61. The number of fused-ring (bicyclic) bond motifs is 1. The number of amides is 2. The number of aromatic nitrogens is 2. The summed E-state index contributed by atoms with van der Waals surface area (Å²) in [4.78, 5) is 46.8. The van der Waals surface area contributed by atoms with Crippen LogP contribution in [0.5, 0.6) is 0 Å². The van der Waals surface area contributed by atoms with Crippen LogP contribution >= 0.6 is 0 Å². The van der Waals surface area contributed by atoms with Crippen LogP contribution < -0.4 is 21.1 Å². The average Bonchev–Trinajstić information content (AvgIpc) is 2.69. The lowest BCUT2D eigenvalue weighted by Gasteiger charge is -2.29. The summed E-state index contributed by atoms with van der Waals surface area (Å²) < 4.78 is 5.31. The second-order valence-electron chi connectivity index (χ2n) is 6.91. The number of benzene rings is 1. The highest BCUT2D eigenvalue weighted by Gasteiger charge is 2.35. The average molecular weight is 383 g/mol. The summed E-state index contributed by atoms with van der Waals surface area (Å²) in [6, 6.07) is 7.31. The van der Waals surface area contributed by atoms with Gasteiger partial charge in [0.1, 0.15) is 5.82 Å². The van der Waals surface area contributed by atoms with Crippen molar-refractivity contribution in [3.8, 4) is 0 Å². The molecule has 3 heterocycles. The van der Waals surface area contributed by atoms with E-state index in [2.05, 4.69) is 20.6 Å². The Labute approximate surface area is 161 Å². The Kier molecular flexibility index (Phi) is 4.82. The van der Waals surface area contributed by atoms with Crippen LogP contribution in [0.25, 0.3) is 0 Å². The van der Waals surface area contributed by atoms with E-state index in [0.29, 0.717) is 37.9 Å². The van der Waals surface area contributed by atoms with E-state index in [1.54, 1.807) is 12.1 Å². The van der Waals surface area contributed by atoms with Gasteiger partial charge in [0.05, 0.1) is 24.7 Å². The van der Waals surface area contributed by atoms with E-state index in [4.69, 9.17) is 4.74 Å². The smallest absolute Gasteiger partial charge is 0.258 e. The quantitative estimate of drug-likeness (QED) is 0.728. The molecular weight excluding hydrogens is 362 g/mol. The first-order valence-corrected chi connectivity index (χ1v) is 9.15. The van der Waals surface area contributed by atoms with Gasteiger partial charge in [-0.15, -0.1) is 0 Å². The van der Waals surface area contributed by atoms with E-state index in [0.717, 1.165) is 5.56 Å². The van der Waals surface area contributed by atoms with E-state index in [9.17, 15) is 14.4 Å². The minimum absolute atomic E-state index is 0.105. The van der Waals surface area contributed by atoms with Crippen molar-refractivity contribution in [1.82, 2.24) is 9.97 Å². The molecule has 0 radical (unpaired) electrons. The molecule has 3 N–H and O–H groups in total. The number of H-pyrrole nitrogens is 1. The van der Waals surface area contributed by atoms with E-state index in [-0.39, 0.29) is 23.7 Å². The van der Waals surface area contributed by atoms with Gasteiger partial charge in [0.25, 0.3) is 5.56 Å². The van der Waals surface area contributed by atoms with Gasteiger partial charge in [-0.25, -0.2) is 0 Å². The number of aromatic amines is 1. The van der Waals surface area contributed by atoms with Gasteiger partial charge >= 0.3 is 0 Å². The standard InChI is InChI=1S/C19H21N5O4/c1-11-2-4-12(5-3-11)20-17(26)13-10-14(25)21-16-15(13)18(27)23-19(22-16)24-6-8-28-9-7-24/h2-5,13H,6-10H2,1H3,(H,20,26)(H2,21,22,23,25,27). The van der Waals surface area contributed by atoms with Crippen LogP contribution in [-0.4, -0.2) is 48.1 Å². The molecule has 1 saturated heterocycles. The van der Waals surface area contributed by atoms with Crippen molar-refractivity contribution in [3.63, 3.8) is 0 Å².